The van der Waals surface area contributed by atoms with Crippen LogP contribution in [0.1, 0.15) is 278 Å². The normalized spacial score (nSPS) is 12.6. The standard InChI is InChI=1S/C59H106O5/c1-4-7-10-13-16-19-22-24-26-28-29-30-32-34-36-39-42-45-48-51-54-62-55-57(64-59(61)53-50-47-44-41-37-21-18-15-12-9-6-3)56-63-58(60)52-49-46-43-40-38-35-33-31-27-25-23-20-17-14-11-8-5-2/h7,10,15-16,18-19,24,26,29-30,57H,4-6,8-9,11-14,17,20-23,25,27-28,31-56H2,1-3H3/b10-7-,18-15-,19-16-,26-24-,30-29-. The molecular formula is C59H106O5. The van der Waals surface area contributed by atoms with E-state index in [0.717, 1.165) is 77.0 Å². The highest BCUT2D eigenvalue weighted by molar-refractivity contribution is 5.70. The Morgan fingerprint density at radius 2 is 0.719 bits per heavy atom. The van der Waals surface area contributed by atoms with Crippen LogP contribution in [-0.4, -0.2) is 37.9 Å². The van der Waals surface area contributed by atoms with Crippen molar-refractivity contribution in [1.82, 2.24) is 0 Å². The lowest BCUT2D eigenvalue weighted by Gasteiger charge is -2.18. The van der Waals surface area contributed by atoms with Gasteiger partial charge < -0.3 is 14.2 Å². The smallest absolute Gasteiger partial charge is 0.306 e. The number of ether oxygens (including phenoxy) is 3. The van der Waals surface area contributed by atoms with E-state index in [0.29, 0.717) is 19.4 Å². The molecule has 0 saturated carbocycles. The van der Waals surface area contributed by atoms with E-state index in [9.17, 15) is 9.59 Å². The van der Waals surface area contributed by atoms with E-state index in [1.54, 1.807) is 0 Å². The molecule has 0 aliphatic rings. The number of carbonyl (C=O) groups is 2. The summed E-state index contributed by atoms with van der Waals surface area (Å²) in [5.74, 6) is -0.403. The second kappa shape index (κ2) is 54.9. The fraction of sp³-hybridized carbons (Fsp3) is 0.797. The molecule has 0 aromatic carbocycles. The van der Waals surface area contributed by atoms with Gasteiger partial charge >= 0.3 is 11.9 Å². The Kier molecular flexibility index (Phi) is 52.9. The van der Waals surface area contributed by atoms with E-state index < -0.39 is 6.10 Å². The first-order valence-electron chi connectivity index (χ1n) is 27.8. The molecule has 0 N–H and O–H groups in total. The van der Waals surface area contributed by atoms with E-state index >= 15 is 0 Å². The highest BCUT2D eigenvalue weighted by atomic mass is 16.6. The fourth-order valence-electron chi connectivity index (χ4n) is 7.90. The molecule has 0 rings (SSSR count). The Morgan fingerprint density at radius 3 is 1.19 bits per heavy atom. The molecule has 0 aliphatic heterocycles. The minimum atomic E-state index is -0.545. The van der Waals surface area contributed by atoms with Crippen LogP contribution in [0.25, 0.3) is 0 Å². The van der Waals surface area contributed by atoms with Crippen LogP contribution in [0.4, 0.5) is 0 Å². The summed E-state index contributed by atoms with van der Waals surface area (Å²) in [7, 11) is 0. The van der Waals surface area contributed by atoms with Crippen LogP contribution in [0.5, 0.6) is 0 Å². The number of hydrogen-bond acceptors (Lipinski definition) is 5. The quantitative estimate of drug-likeness (QED) is 0.0346. The third kappa shape index (κ3) is 52.2. The predicted molar refractivity (Wildman–Crippen MR) is 279 cm³/mol. The second-order valence-electron chi connectivity index (χ2n) is 18.5. The van der Waals surface area contributed by atoms with Crippen molar-refractivity contribution in [2.45, 2.75) is 284 Å². The SMILES string of the molecule is CC/C=C\C/C=C\C/C=C\C/C=C\CCCCCCCCCOCC(COC(=O)CCCCCCCCCCCCCCCCCCC)OC(=O)CCCCCCC/C=C\CCCC. The summed E-state index contributed by atoms with van der Waals surface area (Å²) in [6.07, 6.45) is 69.5. The molecule has 0 fully saturated rings. The van der Waals surface area contributed by atoms with Gasteiger partial charge in [-0.3, -0.25) is 9.59 Å². The minimum absolute atomic E-state index is 0.0796. The first kappa shape index (κ1) is 61.6. The monoisotopic (exact) mass is 895 g/mol. The summed E-state index contributed by atoms with van der Waals surface area (Å²) >= 11 is 0. The third-order valence-electron chi connectivity index (χ3n) is 12.0. The number of allylic oxidation sites excluding steroid dienone is 10. The molecule has 64 heavy (non-hydrogen) atoms. The van der Waals surface area contributed by atoms with Crippen molar-refractivity contribution in [1.29, 1.82) is 0 Å². The van der Waals surface area contributed by atoms with Crippen LogP contribution in [0.3, 0.4) is 0 Å². The van der Waals surface area contributed by atoms with Gasteiger partial charge in [-0.25, -0.2) is 0 Å². The summed E-state index contributed by atoms with van der Waals surface area (Å²) in [6.45, 7) is 7.68. The molecule has 0 heterocycles. The van der Waals surface area contributed by atoms with E-state index in [1.165, 1.54) is 167 Å². The number of esters is 2. The molecule has 5 heteroatoms. The van der Waals surface area contributed by atoms with Crippen molar-refractivity contribution in [3.05, 3.63) is 60.8 Å². The largest absolute Gasteiger partial charge is 0.462 e. The lowest BCUT2D eigenvalue weighted by atomic mass is 10.0. The Morgan fingerprint density at radius 1 is 0.359 bits per heavy atom. The van der Waals surface area contributed by atoms with Crippen LogP contribution in [0.2, 0.25) is 0 Å². The first-order valence-corrected chi connectivity index (χ1v) is 27.8. The second-order valence-corrected chi connectivity index (χ2v) is 18.5. The minimum Gasteiger partial charge on any atom is -0.462 e. The highest BCUT2D eigenvalue weighted by Gasteiger charge is 2.17. The molecule has 0 saturated heterocycles. The molecule has 5 nitrogen and oxygen atoms in total. The van der Waals surface area contributed by atoms with E-state index in [1.807, 2.05) is 0 Å². The maximum absolute atomic E-state index is 12.8. The molecule has 1 atom stereocenters. The van der Waals surface area contributed by atoms with Crippen LogP contribution in [-0.2, 0) is 23.8 Å². The van der Waals surface area contributed by atoms with Gasteiger partial charge in [-0.05, 0) is 77.0 Å². The van der Waals surface area contributed by atoms with Crippen LogP contribution >= 0.6 is 0 Å². The third-order valence-corrected chi connectivity index (χ3v) is 12.0. The summed E-state index contributed by atoms with van der Waals surface area (Å²) < 4.78 is 17.4. The van der Waals surface area contributed by atoms with Crippen molar-refractivity contribution in [3.8, 4) is 0 Å². The van der Waals surface area contributed by atoms with Gasteiger partial charge in [0.25, 0.3) is 0 Å². The van der Waals surface area contributed by atoms with Crippen LogP contribution < -0.4 is 0 Å². The molecule has 0 aromatic rings. The summed E-state index contributed by atoms with van der Waals surface area (Å²) in [4.78, 5) is 25.4. The molecule has 0 amide bonds. The van der Waals surface area contributed by atoms with Gasteiger partial charge in [0.1, 0.15) is 6.61 Å². The molecule has 1 unspecified atom stereocenters. The predicted octanol–water partition coefficient (Wildman–Crippen LogP) is 18.9. The van der Waals surface area contributed by atoms with Crippen LogP contribution in [0.15, 0.2) is 60.8 Å². The molecule has 0 aliphatic carbocycles. The Balaban J connectivity index is 4.22. The number of hydrogen-bond donors (Lipinski definition) is 0. The van der Waals surface area contributed by atoms with Gasteiger partial charge in [-0.1, -0.05) is 248 Å². The maximum atomic E-state index is 12.8. The van der Waals surface area contributed by atoms with Crippen molar-refractivity contribution in [2.75, 3.05) is 19.8 Å². The molecular weight excluding hydrogens is 789 g/mol. The molecule has 0 radical (unpaired) electrons. The van der Waals surface area contributed by atoms with Gasteiger partial charge in [0.05, 0.1) is 6.61 Å². The average Bonchev–Trinajstić information content (AvgIpc) is 3.30. The van der Waals surface area contributed by atoms with E-state index in [-0.39, 0.29) is 25.2 Å². The summed E-state index contributed by atoms with van der Waals surface area (Å²) in [5.41, 5.74) is 0. The topological polar surface area (TPSA) is 61.8 Å². The zero-order valence-corrected chi connectivity index (χ0v) is 42.8. The van der Waals surface area contributed by atoms with Crippen molar-refractivity contribution in [3.63, 3.8) is 0 Å². The zero-order valence-electron chi connectivity index (χ0n) is 42.8. The number of carbonyl (C=O) groups excluding carboxylic acids is 2. The highest BCUT2D eigenvalue weighted by Crippen LogP contribution is 2.16. The number of rotatable bonds is 51. The Labute approximate surface area is 398 Å². The van der Waals surface area contributed by atoms with Gasteiger partial charge in [-0.15, -0.1) is 0 Å². The molecule has 0 bridgehead atoms. The van der Waals surface area contributed by atoms with Crippen molar-refractivity contribution < 1.29 is 23.8 Å². The van der Waals surface area contributed by atoms with Gasteiger partial charge in [0.15, 0.2) is 6.10 Å². The summed E-state index contributed by atoms with van der Waals surface area (Å²) in [6, 6.07) is 0. The summed E-state index contributed by atoms with van der Waals surface area (Å²) in [5, 5.41) is 0. The number of unbranched alkanes of at least 4 members (excludes halogenated alkanes) is 30. The molecule has 372 valence electrons. The zero-order chi connectivity index (χ0) is 46.3. The van der Waals surface area contributed by atoms with Crippen molar-refractivity contribution >= 4 is 11.9 Å². The van der Waals surface area contributed by atoms with E-state index in [4.69, 9.17) is 14.2 Å². The average molecular weight is 895 g/mol. The van der Waals surface area contributed by atoms with Gasteiger partial charge in [0.2, 0.25) is 0 Å². The Hall–Kier alpha value is -2.40. The first-order chi connectivity index (χ1) is 31.6. The molecule has 0 spiro atoms. The fourth-order valence-corrected chi connectivity index (χ4v) is 7.90. The lowest BCUT2D eigenvalue weighted by Crippen LogP contribution is -2.30. The van der Waals surface area contributed by atoms with Gasteiger partial charge in [-0.2, -0.15) is 0 Å². The van der Waals surface area contributed by atoms with Gasteiger partial charge in [0, 0.05) is 19.4 Å². The maximum Gasteiger partial charge on any atom is 0.306 e. The molecule has 0 aromatic heterocycles. The van der Waals surface area contributed by atoms with E-state index in [2.05, 4.69) is 81.5 Å². The lowest BCUT2D eigenvalue weighted by molar-refractivity contribution is -0.163. The van der Waals surface area contributed by atoms with Crippen molar-refractivity contribution in [2.24, 2.45) is 0 Å². The van der Waals surface area contributed by atoms with Crippen LogP contribution in [0, 0.1) is 0 Å². The Bertz CT molecular complexity index is 1100.